The summed E-state index contributed by atoms with van der Waals surface area (Å²) in [6, 6.07) is 10.0. The zero-order chi connectivity index (χ0) is 10.3. The molecule has 0 N–H and O–H groups in total. The van der Waals surface area contributed by atoms with Crippen LogP contribution in [-0.2, 0) is 0 Å². The average Bonchev–Trinajstić information content (AvgIpc) is 2.03. The maximum absolute atomic E-state index is 3.63. The summed E-state index contributed by atoms with van der Waals surface area (Å²) in [6.45, 7) is 3.63. The fourth-order valence-corrected chi connectivity index (χ4v) is 0.589. The van der Waals surface area contributed by atoms with Crippen molar-refractivity contribution in [2.75, 3.05) is 0 Å². The van der Waals surface area contributed by atoms with E-state index in [1.54, 1.807) is 0 Å². The molecule has 0 atom stereocenters. The van der Waals surface area contributed by atoms with Crippen LogP contribution in [0.3, 0.4) is 0 Å². The first-order valence-corrected chi connectivity index (χ1v) is 16.0. The molecule has 1 aromatic carbocycles. The molecular weight excluding hydrogens is 263 g/mol. The van der Waals surface area contributed by atoms with E-state index in [9.17, 15) is 0 Å². The van der Waals surface area contributed by atoms with Gasteiger partial charge >= 0.3 is 38.1 Å². The summed E-state index contributed by atoms with van der Waals surface area (Å²) < 4.78 is 0. The second kappa shape index (κ2) is 6.25. The van der Waals surface area contributed by atoms with E-state index in [1.165, 1.54) is 5.56 Å². The molecular formula is C12H20Sn. The topological polar surface area (TPSA) is 0 Å². The van der Waals surface area contributed by atoms with Crippen LogP contribution in [0.2, 0.25) is 19.8 Å². The van der Waals surface area contributed by atoms with Crippen molar-refractivity contribution >= 4 is 24.5 Å². The van der Waals surface area contributed by atoms with Crippen LogP contribution in [0.25, 0.3) is 6.08 Å². The second-order valence-corrected chi connectivity index (χ2v) is 21.7. The van der Waals surface area contributed by atoms with Gasteiger partial charge in [0.05, 0.1) is 0 Å². The van der Waals surface area contributed by atoms with E-state index in [4.69, 9.17) is 0 Å². The minimum atomic E-state index is -1.18. The van der Waals surface area contributed by atoms with Gasteiger partial charge in [0, 0.05) is 0 Å². The predicted octanol–water partition coefficient (Wildman–Crippen LogP) is 4.28. The molecule has 0 nitrogen and oxygen atoms in total. The Morgan fingerprint density at radius 2 is 1.38 bits per heavy atom. The number of rotatable bonds is 1. The van der Waals surface area contributed by atoms with Crippen LogP contribution in [0.1, 0.15) is 5.56 Å². The molecule has 0 aliphatic carbocycles. The normalized spacial score (nSPS) is 9.85. The molecule has 0 saturated heterocycles. The van der Waals surface area contributed by atoms with E-state index in [1.807, 2.05) is 36.4 Å². The van der Waals surface area contributed by atoms with Gasteiger partial charge in [-0.1, -0.05) is 43.0 Å². The van der Waals surface area contributed by atoms with Gasteiger partial charge < -0.3 is 0 Å². The molecule has 0 radical (unpaired) electrons. The van der Waals surface area contributed by atoms with E-state index >= 15 is 0 Å². The monoisotopic (exact) mass is 284 g/mol. The Labute approximate surface area is 86.6 Å². The second-order valence-electron chi connectivity index (χ2n) is 4.61. The van der Waals surface area contributed by atoms with E-state index in [-0.39, 0.29) is 0 Å². The Morgan fingerprint density at radius 1 is 1.00 bits per heavy atom. The molecule has 0 aromatic heterocycles. The molecule has 0 spiro atoms. The van der Waals surface area contributed by atoms with Gasteiger partial charge in [-0.2, -0.15) is 0 Å². The quantitative estimate of drug-likeness (QED) is 0.675. The molecule has 72 valence electrons. The van der Waals surface area contributed by atoms with Crippen molar-refractivity contribution in [2.24, 2.45) is 0 Å². The van der Waals surface area contributed by atoms with Crippen LogP contribution < -0.4 is 0 Å². The van der Waals surface area contributed by atoms with Crippen LogP contribution in [0.15, 0.2) is 36.9 Å². The van der Waals surface area contributed by atoms with Crippen LogP contribution in [0, 0.1) is 0 Å². The number of benzene rings is 1. The van der Waals surface area contributed by atoms with Crippen LogP contribution in [0.4, 0.5) is 0 Å². The molecule has 1 aromatic rings. The van der Waals surface area contributed by atoms with E-state index < -0.39 is 18.4 Å². The third kappa shape index (κ3) is 11.8. The SMILES string of the molecule is C=Cc1ccccc1.[CH3][Sn]([CH3])([CH3])[CH3]. The molecule has 13 heavy (non-hydrogen) atoms. The summed E-state index contributed by atoms with van der Waals surface area (Å²) in [5.74, 6) is 0. The van der Waals surface area contributed by atoms with E-state index in [2.05, 4.69) is 26.3 Å². The first-order valence-electron chi connectivity index (χ1n) is 4.61. The van der Waals surface area contributed by atoms with Crippen molar-refractivity contribution in [3.05, 3.63) is 42.5 Å². The molecule has 0 aliphatic rings. The minimum absolute atomic E-state index is 1.17. The zero-order valence-electron chi connectivity index (χ0n) is 9.17. The van der Waals surface area contributed by atoms with Crippen LogP contribution in [0.5, 0.6) is 0 Å². The van der Waals surface area contributed by atoms with Crippen molar-refractivity contribution in [3.8, 4) is 0 Å². The summed E-state index contributed by atoms with van der Waals surface area (Å²) in [4.78, 5) is 9.59. The van der Waals surface area contributed by atoms with Gasteiger partial charge in [-0.25, -0.2) is 0 Å². The van der Waals surface area contributed by atoms with E-state index in [0.717, 1.165) is 0 Å². The summed E-state index contributed by atoms with van der Waals surface area (Å²) in [7, 11) is 0. The Hall–Kier alpha value is -0.241. The summed E-state index contributed by atoms with van der Waals surface area (Å²) in [5.41, 5.74) is 1.17. The van der Waals surface area contributed by atoms with Crippen molar-refractivity contribution in [2.45, 2.75) is 19.8 Å². The molecule has 0 fully saturated rings. The summed E-state index contributed by atoms with van der Waals surface area (Å²) in [5, 5.41) is 0. The maximum atomic E-state index is 3.63. The Balaban J connectivity index is 0.000000252. The van der Waals surface area contributed by atoms with Gasteiger partial charge in [0.2, 0.25) is 0 Å². The summed E-state index contributed by atoms with van der Waals surface area (Å²) >= 11 is -1.18. The molecule has 0 unspecified atom stereocenters. The van der Waals surface area contributed by atoms with Crippen molar-refractivity contribution < 1.29 is 0 Å². The number of hydrogen-bond donors (Lipinski definition) is 0. The average molecular weight is 283 g/mol. The van der Waals surface area contributed by atoms with Gasteiger partial charge in [0.15, 0.2) is 0 Å². The van der Waals surface area contributed by atoms with Crippen LogP contribution >= 0.6 is 0 Å². The Morgan fingerprint density at radius 3 is 1.62 bits per heavy atom. The zero-order valence-corrected chi connectivity index (χ0v) is 12.0. The first-order chi connectivity index (χ1) is 5.93. The van der Waals surface area contributed by atoms with Gasteiger partial charge in [-0.3, -0.25) is 0 Å². The molecule has 0 heterocycles. The molecule has 1 heteroatoms. The predicted molar refractivity (Wildman–Crippen MR) is 65.7 cm³/mol. The first kappa shape index (κ1) is 12.8. The van der Waals surface area contributed by atoms with Gasteiger partial charge in [-0.05, 0) is 5.56 Å². The van der Waals surface area contributed by atoms with Gasteiger partial charge in [0.1, 0.15) is 0 Å². The molecule has 0 aliphatic heterocycles. The Bertz CT molecular complexity index is 225. The van der Waals surface area contributed by atoms with Gasteiger partial charge in [0.25, 0.3) is 0 Å². The fraction of sp³-hybridized carbons (Fsp3) is 0.333. The van der Waals surface area contributed by atoms with Gasteiger partial charge in [-0.15, -0.1) is 0 Å². The third-order valence-electron chi connectivity index (χ3n) is 1.04. The molecule has 0 saturated carbocycles. The van der Waals surface area contributed by atoms with Crippen molar-refractivity contribution in [3.63, 3.8) is 0 Å². The molecule has 0 amide bonds. The summed E-state index contributed by atoms with van der Waals surface area (Å²) in [6.07, 6.45) is 1.83. The molecule has 1 rings (SSSR count). The third-order valence-corrected chi connectivity index (χ3v) is 1.04. The number of hydrogen-bond acceptors (Lipinski definition) is 0. The van der Waals surface area contributed by atoms with Crippen LogP contribution in [-0.4, -0.2) is 18.4 Å². The fourth-order valence-electron chi connectivity index (χ4n) is 0.589. The van der Waals surface area contributed by atoms with Crippen molar-refractivity contribution in [1.29, 1.82) is 0 Å². The van der Waals surface area contributed by atoms with E-state index in [0.29, 0.717) is 0 Å². The Kier molecular flexibility index (Phi) is 6.13. The standard InChI is InChI=1S/C8H8.4CH3.Sn/c1-2-8-6-4-3-5-7-8;;;;;/h2-7H,1H2;4*1H3;. The molecule has 0 bridgehead atoms. The van der Waals surface area contributed by atoms with Crippen molar-refractivity contribution in [1.82, 2.24) is 0 Å².